The van der Waals surface area contributed by atoms with Crippen molar-refractivity contribution < 1.29 is 5.01 Å². The molecule has 1 rings (SSSR count). The molecule has 0 spiro atoms. The van der Waals surface area contributed by atoms with E-state index in [4.69, 9.17) is 5.84 Å². The van der Waals surface area contributed by atoms with E-state index >= 15 is 0 Å². The normalized spacial score (nSPS) is 42.0. The molecule has 1 fully saturated rings. The summed E-state index contributed by atoms with van der Waals surface area (Å²) in [5.41, 5.74) is 0. The summed E-state index contributed by atoms with van der Waals surface area (Å²) >= 11 is 0. The van der Waals surface area contributed by atoms with E-state index in [0.717, 1.165) is 18.1 Å². The van der Waals surface area contributed by atoms with Crippen LogP contribution in [-0.4, -0.2) is 19.3 Å². The van der Waals surface area contributed by atoms with Crippen LogP contribution in [0, 0.1) is 0 Å². The molecule has 42 valence electrons. The maximum absolute atomic E-state index is 7.19. The van der Waals surface area contributed by atoms with Gasteiger partial charge >= 0.3 is 0 Å². The van der Waals surface area contributed by atoms with Crippen molar-refractivity contribution in [3.8, 4) is 0 Å². The molecule has 2 atom stereocenters. The molecule has 0 aromatic rings. The zero-order valence-corrected chi connectivity index (χ0v) is 4.49. The molecule has 2 unspecified atom stereocenters. The summed E-state index contributed by atoms with van der Waals surface area (Å²) in [5.74, 6) is 7.19. The van der Waals surface area contributed by atoms with E-state index in [9.17, 15) is 0 Å². The Kier molecular flexibility index (Phi) is 1.27. The van der Waals surface area contributed by atoms with Crippen LogP contribution >= 0.6 is 0 Å². The van der Waals surface area contributed by atoms with Gasteiger partial charge in [0, 0.05) is 13.5 Å². The molecule has 3 heteroatoms. The Morgan fingerprint density at radius 1 is 1.86 bits per heavy atom. The highest BCUT2D eigenvalue weighted by molar-refractivity contribution is 4.53. The number of hydrogen-bond donors (Lipinski definition) is 2. The van der Waals surface area contributed by atoms with Gasteiger partial charge in [-0.25, -0.2) is 0 Å². The number of nitrogens with one attached hydrogen (secondary N) is 3. The molecule has 0 aromatic carbocycles. The van der Waals surface area contributed by atoms with Gasteiger partial charge in [-0.15, -0.1) is 0 Å². The standard InChI is InChI=1S/C4H11N3/c1-4-6-2-3-7(4)5/h4-7H,2-3H2,1H3. The van der Waals surface area contributed by atoms with Gasteiger partial charge in [0.2, 0.25) is 0 Å². The van der Waals surface area contributed by atoms with Gasteiger partial charge in [-0.3, -0.25) is 5.32 Å². The smallest absolute Gasteiger partial charge is 0.129 e. The molecule has 7 heavy (non-hydrogen) atoms. The lowest BCUT2D eigenvalue weighted by Crippen LogP contribution is -3.07. The summed E-state index contributed by atoms with van der Waals surface area (Å²) < 4.78 is 0. The van der Waals surface area contributed by atoms with E-state index in [-0.39, 0.29) is 0 Å². The van der Waals surface area contributed by atoms with Gasteiger partial charge in [-0.1, -0.05) is 0 Å². The molecule has 1 aliphatic rings. The second-order valence-corrected chi connectivity index (χ2v) is 1.95. The maximum atomic E-state index is 7.19. The van der Waals surface area contributed by atoms with Gasteiger partial charge in [-0.2, -0.15) is 0 Å². The summed E-state index contributed by atoms with van der Waals surface area (Å²) in [7, 11) is 0. The van der Waals surface area contributed by atoms with Crippen LogP contribution in [0.5, 0.6) is 0 Å². The first-order chi connectivity index (χ1) is 3.30. The Balaban J connectivity index is 2.33. The second-order valence-electron chi connectivity index (χ2n) is 1.95. The van der Waals surface area contributed by atoms with E-state index in [1.54, 1.807) is 0 Å². The third-order valence-electron chi connectivity index (χ3n) is 1.37. The predicted octanol–water partition coefficient (Wildman–Crippen LogP) is -1.21. The zero-order chi connectivity index (χ0) is 5.28. The van der Waals surface area contributed by atoms with Crippen LogP contribution in [0.25, 0.3) is 5.84 Å². The fraction of sp³-hybridized carbons (Fsp3) is 1.00. The molecule has 3 N–H and O–H groups in total. The van der Waals surface area contributed by atoms with E-state index in [2.05, 4.69) is 5.32 Å². The molecule has 0 amide bonds. The van der Waals surface area contributed by atoms with Gasteiger partial charge in [0.25, 0.3) is 0 Å². The van der Waals surface area contributed by atoms with Crippen LogP contribution in [0.2, 0.25) is 0 Å². The largest absolute Gasteiger partial charge is 0.468 e. The van der Waals surface area contributed by atoms with Gasteiger partial charge in [-0.05, 0) is 0 Å². The molecule has 0 bridgehead atoms. The van der Waals surface area contributed by atoms with E-state index < -0.39 is 0 Å². The maximum Gasteiger partial charge on any atom is 0.129 e. The fourth-order valence-corrected chi connectivity index (χ4v) is 0.763. The summed E-state index contributed by atoms with van der Waals surface area (Å²) in [6.45, 7) is 3.97. The highest BCUT2D eigenvalue weighted by atomic mass is 15.5. The number of quaternary nitrogens is 1. The average Bonchev–Trinajstić information content (AvgIpc) is 1.91. The quantitative estimate of drug-likeness (QED) is 0.395. The Morgan fingerprint density at radius 3 is 2.71 bits per heavy atom. The molecular weight excluding hydrogens is 90.1 g/mol. The minimum atomic E-state index is 0.347. The minimum Gasteiger partial charge on any atom is -0.468 e. The lowest BCUT2D eigenvalue weighted by Gasteiger charge is -2.18. The lowest BCUT2D eigenvalue weighted by atomic mass is 10.6. The molecule has 0 aliphatic carbocycles. The van der Waals surface area contributed by atoms with E-state index in [1.165, 1.54) is 0 Å². The van der Waals surface area contributed by atoms with Crippen molar-refractivity contribution in [3.05, 3.63) is 5.84 Å². The molecule has 1 saturated heterocycles. The van der Waals surface area contributed by atoms with E-state index in [0.29, 0.717) is 6.17 Å². The van der Waals surface area contributed by atoms with Gasteiger partial charge in [0.1, 0.15) is 6.17 Å². The number of hydrogen-bond acceptors (Lipinski definition) is 1. The first kappa shape index (κ1) is 5.03. The Bertz CT molecular complexity index is 56.0. The monoisotopic (exact) mass is 101 g/mol. The van der Waals surface area contributed by atoms with Crippen molar-refractivity contribution >= 4 is 0 Å². The predicted molar refractivity (Wildman–Crippen MR) is 27.6 cm³/mol. The van der Waals surface area contributed by atoms with Crippen molar-refractivity contribution in [1.82, 2.24) is 5.32 Å². The molecule has 3 nitrogen and oxygen atoms in total. The summed E-state index contributed by atoms with van der Waals surface area (Å²) in [5, 5.41) is 3.99. The van der Waals surface area contributed by atoms with Crippen molar-refractivity contribution in [3.63, 3.8) is 0 Å². The third-order valence-corrected chi connectivity index (χ3v) is 1.37. The van der Waals surface area contributed by atoms with Crippen LogP contribution < -0.4 is 10.3 Å². The average molecular weight is 101 g/mol. The lowest BCUT2D eigenvalue weighted by molar-refractivity contribution is -0.860. The van der Waals surface area contributed by atoms with Crippen LogP contribution in [0.1, 0.15) is 6.92 Å². The van der Waals surface area contributed by atoms with Crippen molar-refractivity contribution in [2.75, 3.05) is 13.1 Å². The summed E-state index contributed by atoms with van der Waals surface area (Å²) in [6.07, 6.45) is 0.347. The first-order valence-electron chi connectivity index (χ1n) is 2.61. The molecule has 1 heterocycles. The molecule has 0 saturated carbocycles. The van der Waals surface area contributed by atoms with Crippen molar-refractivity contribution in [2.24, 2.45) is 0 Å². The third kappa shape index (κ3) is 0.907. The van der Waals surface area contributed by atoms with Crippen molar-refractivity contribution in [1.29, 1.82) is 0 Å². The first-order valence-corrected chi connectivity index (χ1v) is 2.61. The Labute approximate surface area is 43.4 Å². The summed E-state index contributed by atoms with van der Waals surface area (Å²) in [4.78, 5) is 0. The van der Waals surface area contributed by atoms with E-state index in [1.807, 2.05) is 6.92 Å². The molecule has 0 radical (unpaired) electrons. The molecule has 0 aromatic heterocycles. The zero-order valence-electron chi connectivity index (χ0n) is 4.49. The van der Waals surface area contributed by atoms with Gasteiger partial charge in [0.05, 0.1) is 6.54 Å². The highest BCUT2D eigenvalue weighted by Crippen LogP contribution is 1.71. The fourth-order valence-electron chi connectivity index (χ4n) is 0.763. The number of rotatable bonds is 0. The van der Waals surface area contributed by atoms with Crippen LogP contribution in [-0.2, 0) is 0 Å². The van der Waals surface area contributed by atoms with Gasteiger partial charge < -0.3 is 10.9 Å². The van der Waals surface area contributed by atoms with Gasteiger partial charge in [0.15, 0.2) is 0 Å². The molecular formula is C4H11N3. The Hall–Kier alpha value is -0.120. The SMILES string of the molecule is CC1NCC[NH+]1[NH-]. The van der Waals surface area contributed by atoms with Crippen LogP contribution in [0.3, 0.4) is 0 Å². The second kappa shape index (κ2) is 1.78. The Morgan fingerprint density at radius 2 is 2.57 bits per heavy atom. The minimum absolute atomic E-state index is 0.347. The molecule has 1 aliphatic heterocycles. The van der Waals surface area contributed by atoms with Crippen molar-refractivity contribution in [2.45, 2.75) is 13.1 Å². The highest BCUT2D eigenvalue weighted by Gasteiger charge is 2.13. The summed E-state index contributed by atoms with van der Waals surface area (Å²) in [6, 6.07) is 0. The van der Waals surface area contributed by atoms with Crippen LogP contribution in [0.15, 0.2) is 0 Å². The van der Waals surface area contributed by atoms with Crippen LogP contribution in [0.4, 0.5) is 0 Å². The topological polar surface area (TPSA) is 40.3 Å².